The highest BCUT2D eigenvalue weighted by molar-refractivity contribution is 5.71. The predicted molar refractivity (Wildman–Crippen MR) is 279 cm³/mol. The molecule has 0 aromatic carbocycles. The SMILES string of the molecule is CC/C=C\C/C=C\C/C=C\C/C=C\C/C=C\CCCCCC(=O)OC[C@H](COC(=O)CCCCCCC/C=C\CCCCCC)OC(=O)CCCCCCC/C=C\CCCCCCCC. The molecule has 0 aliphatic heterocycles. The van der Waals surface area contributed by atoms with E-state index >= 15 is 0 Å². The topological polar surface area (TPSA) is 78.9 Å². The molecular formula is C59H100O6. The van der Waals surface area contributed by atoms with Crippen LogP contribution in [0.1, 0.15) is 252 Å². The second-order valence-corrected chi connectivity index (χ2v) is 17.7. The summed E-state index contributed by atoms with van der Waals surface area (Å²) in [4.78, 5) is 38.0. The molecule has 6 nitrogen and oxygen atoms in total. The lowest BCUT2D eigenvalue weighted by Crippen LogP contribution is -2.30. The molecule has 0 bridgehead atoms. The van der Waals surface area contributed by atoms with Crippen molar-refractivity contribution in [2.45, 2.75) is 258 Å². The minimum Gasteiger partial charge on any atom is -0.462 e. The van der Waals surface area contributed by atoms with Crippen molar-refractivity contribution in [3.8, 4) is 0 Å². The lowest BCUT2D eigenvalue weighted by atomic mass is 10.1. The average Bonchev–Trinajstić information content (AvgIpc) is 3.30. The molecule has 0 unspecified atom stereocenters. The zero-order chi connectivity index (χ0) is 47.2. The first-order valence-corrected chi connectivity index (χ1v) is 27.1. The third-order valence-corrected chi connectivity index (χ3v) is 11.4. The molecule has 0 amide bonds. The van der Waals surface area contributed by atoms with E-state index in [9.17, 15) is 14.4 Å². The fourth-order valence-electron chi connectivity index (χ4n) is 7.28. The lowest BCUT2D eigenvalue weighted by Gasteiger charge is -2.18. The van der Waals surface area contributed by atoms with Gasteiger partial charge in [-0.15, -0.1) is 0 Å². The maximum Gasteiger partial charge on any atom is 0.306 e. The first kappa shape index (κ1) is 61.6. The van der Waals surface area contributed by atoms with Crippen molar-refractivity contribution in [1.29, 1.82) is 0 Å². The molecule has 0 aromatic rings. The molecule has 0 radical (unpaired) electrons. The molecule has 1 atom stereocenters. The van der Waals surface area contributed by atoms with Crippen LogP contribution >= 0.6 is 0 Å². The summed E-state index contributed by atoms with van der Waals surface area (Å²) in [6, 6.07) is 0. The number of hydrogen-bond acceptors (Lipinski definition) is 6. The molecule has 372 valence electrons. The Kier molecular flexibility index (Phi) is 50.4. The van der Waals surface area contributed by atoms with Crippen molar-refractivity contribution in [2.75, 3.05) is 13.2 Å². The van der Waals surface area contributed by atoms with Gasteiger partial charge in [-0.25, -0.2) is 0 Å². The van der Waals surface area contributed by atoms with Gasteiger partial charge in [0.2, 0.25) is 0 Å². The van der Waals surface area contributed by atoms with E-state index in [2.05, 4.69) is 106 Å². The maximum absolute atomic E-state index is 12.8. The summed E-state index contributed by atoms with van der Waals surface area (Å²) in [5.41, 5.74) is 0. The highest BCUT2D eigenvalue weighted by atomic mass is 16.6. The number of carbonyl (C=O) groups is 3. The summed E-state index contributed by atoms with van der Waals surface area (Å²) in [7, 11) is 0. The molecular weight excluding hydrogens is 805 g/mol. The van der Waals surface area contributed by atoms with E-state index in [-0.39, 0.29) is 31.1 Å². The fourth-order valence-corrected chi connectivity index (χ4v) is 7.28. The van der Waals surface area contributed by atoms with Crippen LogP contribution in [0, 0.1) is 0 Å². The minimum absolute atomic E-state index is 0.0950. The van der Waals surface area contributed by atoms with Crippen molar-refractivity contribution in [1.82, 2.24) is 0 Å². The molecule has 0 rings (SSSR count). The van der Waals surface area contributed by atoms with Gasteiger partial charge in [-0.1, -0.05) is 202 Å². The van der Waals surface area contributed by atoms with Crippen LogP contribution in [0.25, 0.3) is 0 Å². The molecule has 0 saturated carbocycles. The fraction of sp³-hybridized carbons (Fsp3) is 0.712. The maximum atomic E-state index is 12.8. The highest BCUT2D eigenvalue weighted by Gasteiger charge is 2.19. The first-order valence-electron chi connectivity index (χ1n) is 27.1. The number of carbonyl (C=O) groups excluding carboxylic acids is 3. The molecule has 0 aliphatic carbocycles. The van der Waals surface area contributed by atoms with E-state index in [0.29, 0.717) is 19.3 Å². The van der Waals surface area contributed by atoms with Gasteiger partial charge in [-0.05, 0) is 116 Å². The Balaban J connectivity index is 4.46. The number of esters is 3. The number of rotatable bonds is 48. The molecule has 0 saturated heterocycles. The van der Waals surface area contributed by atoms with Crippen LogP contribution in [0.15, 0.2) is 85.1 Å². The number of unbranched alkanes of at least 4 members (excludes halogenated alkanes) is 23. The molecule has 0 spiro atoms. The third kappa shape index (κ3) is 51.4. The predicted octanol–water partition coefficient (Wildman–Crippen LogP) is 18.0. The van der Waals surface area contributed by atoms with E-state index in [0.717, 1.165) is 116 Å². The Morgan fingerprint density at radius 3 is 0.985 bits per heavy atom. The van der Waals surface area contributed by atoms with Crippen molar-refractivity contribution in [2.24, 2.45) is 0 Å². The van der Waals surface area contributed by atoms with Gasteiger partial charge in [0, 0.05) is 19.3 Å². The van der Waals surface area contributed by atoms with Crippen molar-refractivity contribution >= 4 is 17.9 Å². The Morgan fingerprint density at radius 2 is 0.600 bits per heavy atom. The summed E-state index contributed by atoms with van der Waals surface area (Å²) in [6.45, 7) is 6.46. The first-order chi connectivity index (χ1) is 32.0. The molecule has 0 fully saturated rings. The standard InChI is InChI=1S/C59H100O6/c1-4-7-10-13-16-19-22-25-27-28-29-30-32-34-37-40-43-46-49-52-58(61)64-55-56(54-63-57(60)51-48-45-42-39-36-33-24-21-18-15-12-9-6-3)65-59(62)53-50-47-44-41-38-35-31-26-23-20-17-14-11-8-5-2/h7,10,16,19,21,24-27,29-31,34,37,56H,4-6,8-9,11-15,17-18,20,22-23,28,32-33,35-36,38-55H2,1-3H3/b10-7-,19-16-,24-21-,27-25-,30-29-,31-26-,37-34-/t56-/m0/s1. The van der Waals surface area contributed by atoms with E-state index in [4.69, 9.17) is 14.2 Å². The molecule has 0 N–H and O–H groups in total. The second-order valence-electron chi connectivity index (χ2n) is 17.7. The second kappa shape index (κ2) is 53.2. The van der Waals surface area contributed by atoms with Crippen molar-refractivity contribution in [3.05, 3.63) is 85.1 Å². The van der Waals surface area contributed by atoms with Gasteiger partial charge < -0.3 is 14.2 Å². The zero-order valence-electron chi connectivity index (χ0n) is 42.5. The van der Waals surface area contributed by atoms with Crippen LogP contribution in [-0.2, 0) is 28.6 Å². The van der Waals surface area contributed by atoms with Gasteiger partial charge >= 0.3 is 17.9 Å². The summed E-state index contributed by atoms with van der Waals surface area (Å²) < 4.78 is 16.8. The molecule has 0 heterocycles. The van der Waals surface area contributed by atoms with E-state index < -0.39 is 6.10 Å². The normalized spacial score (nSPS) is 12.7. The van der Waals surface area contributed by atoms with Crippen LogP contribution in [0.4, 0.5) is 0 Å². The summed E-state index contributed by atoms with van der Waals surface area (Å²) >= 11 is 0. The van der Waals surface area contributed by atoms with Gasteiger partial charge in [0.15, 0.2) is 6.10 Å². The molecule has 6 heteroatoms. The number of ether oxygens (including phenoxy) is 3. The van der Waals surface area contributed by atoms with Crippen molar-refractivity contribution in [3.63, 3.8) is 0 Å². The Labute approximate surface area is 401 Å². The largest absolute Gasteiger partial charge is 0.462 e. The van der Waals surface area contributed by atoms with Gasteiger partial charge in [-0.3, -0.25) is 14.4 Å². The molecule has 0 aliphatic rings. The summed E-state index contributed by atoms with van der Waals surface area (Å²) in [5.74, 6) is -0.943. The minimum atomic E-state index is -0.798. The molecule has 0 aromatic heterocycles. The third-order valence-electron chi connectivity index (χ3n) is 11.4. The van der Waals surface area contributed by atoms with Crippen LogP contribution in [-0.4, -0.2) is 37.2 Å². The van der Waals surface area contributed by atoms with Crippen LogP contribution in [0.5, 0.6) is 0 Å². The van der Waals surface area contributed by atoms with E-state index in [1.165, 1.54) is 96.3 Å². The number of hydrogen-bond donors (Lipinski definition) is 0. The Bertz CT molecular complexity index is 1270. The smallest absolute Gasteiger partial charge is 0.306 e. The average molecular weight is 905 g/mol. The van der Waals surface area contributed by atoms with Crippen LogP contribution < -0.4 is 0 Å². The van der Waals surface area contributed by atoms with Gasteiger partial charge in [0.05, 0.1) is 0 Å². The van der Waals surface area contributed by atoms with Crippen LogP contribution in [0.3, 0.4) is 0 Å². The lowest BCUT2D eigenvalue weighted by molar-refractivity contribution is -0.167. The quantitative estimate of drug-likeness (QED) is 0.0262. The Morgan fingerprint density at radius 1 is 0.323 bits per heavy atom. The van der Waals surface area contributed by atoms with Gasteiger partial charge in [0.25, 0.3) is 0 Å². The van der Waals surface area contributed by atoms with Crippen LogP contribution in [0.2, 0.25) is 0 Å². The Hall–Kier alpha value is -3.41. The van der Waals surface area contributed by atoms with E-state index in [1.807, 2.05) is 0 Å². The van der Waals surface area contributed by atoms with Gasteiger partial charge in [-0.2, -0.15) is 0 Å². The summed E-state index contributed by atoms with van der Waals surface area (Å²) in [6.07, 6.45) is 68.5. The summed E-state index contributed by atoms with van der Waals surface area (Å²) in [5, 5.41) is 0. The van der Waals surface area contributed by atoms with Crippen molar-refractivity contribution < 1.29 is 28.6 Å². The van der Waals surface area contributed by atoms with E-state index in [1.54, 1.807) is 0 Å². The molecule has 65 heavy (non-hydrogen) atoms. The van der Waals surface area contributed by atoms with Gasteiger partial charge in [0.1, 0.15) is 13.2 Å². The zero-order valence-corrected chi connectivity index (χ0v) is 42.5. The monoisotopic (exact) mass is 905 g/mol. The highest BCUT2D eigenvalue weighted by Crippen LogP contribution is 2.14. The number of allylic oxidation sites excluding steroid dienone is 14.